The molecule has 0 bridgehead atoms. The van der Waals surface area contributed by atoms with Crippen LogP contribution in [0.3, 0.4) is 0 Å². The molecule has 1 saturated heterocycles. The molecule has 5 rings (SSSR count). The topological polar surface area (TPSA) is 99.7 Å². The standard InChI is InChI=1S/C23H23F3N6O4/c1-34-18-9-14(10-27-20(18)35-2)17-4-3-16-19(29-17)21(30-5-7-36-8-6-30)32(22(16)33)15-11-28-31(12-15)13-23(24,25)26/h3-4,9-12,33H,5-8,13H2,1-2H3. The molecule has 0 radical (unpaired) electrons. The van der Waals surface area contributed by atoms with Crippen LogP contribution in [0, 0.1) is 0 Å². The van der Waals surface area contributed by atoms with Crippen LogP contribution in [0.15, 0.2) is 36.8 Å². The van der Waals surface area contributed by atoms with E-state index >= 15 is 0 Å². The van der Waals surface area contributed by atoms with Gasteiger partial charge in [0.2, 0.25) is 5.88 Å². The number of rotatable bonds is 6. The van der Waals surface area contributed by atoms with Gasteiger partial charge in [0.05, 0.1) is 50.4 Å². The minimum absolute atomic E-state index is 0.150. The molecule has 0 unspecified atom stereocenters. The largest absolute Gasteiger partial charge is 0.494 e. The number of aromatic hydroxyl groups is 1. The maximum absolute atomic E-state index is 12.9. The normalized spacial score (nSPS) is 14.4. The van der Waals surface area contributed by atoms with Gasteiger partial charge in [0.25, 0.3) is 5.88 Å². The van der Waals surface area contributed by atoms with Gasteiger partial charge >= 0.3 is 6.18 Å². The third kappa shape index (κ3) is 4.37. The summed E-state index contributed by atoms with van der Waals surface area (Å²) in [4.78, 5) is 11.1. The molecule has 0 aromatic carbocycles. The van der Waals surface area contributed by atoms with Crippen LogP contribution in [0.2, 0.25) is 0 Å². The number of nitrogens with zero attached hydrogens (tertiary/aromatic N) is 6. The summed E-state index contributed by atoms with van der Waals surface area (Å²) in [6.45, 7) is 0.703. The van der Waals surface area contributed by atoms with Crippen LogP contribution in [-0.4, -0.2) is 76.1 Å². The van der Waals surface area contributed by atoms with E-state index in [1.165, 1.54) is 31.2 Å². The van der Waals surface area contributed by atoms with Crippen molar-refractivity contribution in [2.24, 2.45) is 0 Å². The Morgan fingerprint density at radius 3 is 2.58 bits per heavy atom. The number of aromatic nitrogens is 5. The van der Waals surface area contributed by atoms with Crippen LogP contribution in [0.4, 0.5) is 19.0 Å². The fraction of sp³-hybridized carbons (Fsp3) is 0.348. The van der Waals surface area contributed by atoms with Crippen LogP contribution < -0.4 is 14.4 Å². The Morgan fingerprint density at radius 2 is 1.89 bits per heavy atom. The number of halogens is 3. The second-order valence-electron chi connectivity index (χ2n) is 8.12. The second kappa shape index (κ2) is 9.22. The van der Waals surface area contributed by atoms with Gasteiger partial charge in [-0.15, -0.1) is 0 Å². The second-order valence-corrected chi connectivity index (χ2v) is 8.12. The molecule has 10 nitrogen and oxygen atoms in total. The van der Waals surface area contributed by atoms with Crippen molar-refractivity contribution in [3.63, 3.8) is 0 Å². The number of ether oxygens (including phenoxy) is 3. The third-order valence-electron chi connectivity index (χ3n) is 5.83. The lowest BCUT2D eigenvalue weighted by molar-refractivity contribution is -0.142. The van der Waals surface area contributed by atoms with Crippen LogP contribution in [0.25, 0.3) is 27.8 Å². The summed E-state index contributed by atoms with van der Waals surface area (Å²) in [5, 5.41) is 15.5. The van der Waals surface area contributed by atoms with E-state index in [0.29, 0.717) is 65.9 Å². The van der Waals surface area contributed by atoms with E-state index in [1.54, 1.807) is 24.4 Å². The average molecular weight is 504 g/mol. The number of methoxy groups -OCH3 is 2. The number of alkyl halides is 3. The molecule has 1 N–H and O–H groups in total. The fourth-order valence-corrected chi connectivity index (χ4v) is 4.22. The molecule has 36 heavy (non-hydrogen) atoms. The molecule has 4 aromatic rings. The highest BCUT2D eigenvalue weighted by Gasteiger charge is 2.30. The lowest BCUT2D eigenvalue weighted by Crippen LogP contribution is -2.37. The molecule has 5 heterocycles. The van der Waals surface area contributed by atoms with Gasteiger partial charge in [0, 0.05) is 31.0 Å². The molecule has 1 aliphatic rings. The summed E-state index contributed by atoms with van der Waals surface area (Å²) in [6.07, 6.45) is -0.297. The van der Waals surface area contributed by atoms with Gasteiger partial charge in [-0.3, -0.25) is 9.25 Å². The zero-order valence-electron chi connectivity index (χ0n) is 19.5. The van der Waals surface area contributed by atoms with Gasteiger partial charge < -0.3 is 24.2 Å². The van der Waals surface area contributed by atoms with E-state index < -0.39 is 12.7 Å². The Kier molecular flexibility index (Phi) is 6.08. The molecule has 190 valence electrons. The van der Waals surface area contributed by atoms with Crippen LogP contribution >= 0.6 is 0 Å². The Balaban J connectivity index is 1.67. The highest BCUT2D eigenvalue weighted by atomic mass is 19.4. The van der Waals surface area contributed by atoms with E-state index in [0.717, 1.165) is 4.68 Å². The molecule has 0 aliphatic carbocycles. The van der Waals surface area contributed by atoms with Crippen molar-refractivity contribution in [2.45, 2.75) is 12.7 Å². The minimum atomic E-state index is -4.43. The summed E-state index contributed by atoms with van der Waals surface area (Å²) in [5.41, 5.74) is 1.99. The maximum Gasteiger partial charge on any atom is 0.408 e. The zero-order valence-corrected chi connectivity index (χ0v) is 19.5. The molecule has 4 aromatic heterocycles. The zero-order chi connectivity index (χ0) is 25.4. The van der Waals surface area contributed by atoms with Gasteiger partial charge in [-0.25, -0.2) is 9.97 Å². The highest BCUT2D eigenvalue weighted by Crippen LogP contribution is 2.41. The van der Waals surface area contributed by atoms with Crippen molar-refractivity contribution in [2.75, 3.05) is 45.4 Å². The number of anilines is 1. The highest BCUT2D eigenvalue weighted by molar-refractivity contribution is 5.97. The Hall–Kier alpha value is -4.00. The summed E-state index contributed by atoms with van der Waals surface area (Å²) in [5.74, 6) is 1.15. The number of morpholine rings is 1. The van der Waals surface area contributed by atoms with E-state index in [4.69, 9.17) is 19.2 Å². The van der Waals surface area contributed by atoms with Crippen LogP contribution in [0.5, 0.6) is 17.5 Å². The first-order valence-corrected chi connectivity index (χ1v) is 11.0. The van der Waals surface area contributed by atoms with E-state index in [1.807, 2.05) is 4.90 Å². The van der Waals surface area contributed by atoms with Crippen molar-refractivity contribution in [3.8, 4) is 34.5 Å². The molecule has 13 heteroatoms. The number of hydrogen-bond donors (Lipinski definition) is 1. The van der Waals surface area contributed by atoms with Crippen molar-refractivity contribution in [1.82, 2.24) is 24.3 Å². The number of hydrogen-bond acceptors (Lipinski definition) is 8. The molecular formula is C23H23F3N6O4. The Morgan fingerprint density at radius 1 is 1.11 bits per heavy atom. The first-order valence-electron chi connectivity index (χ1n) is 11.0. The first-order chi connectivity index (χ1) is 17.3. The molecule has 0 amide bonds. The van der Waals surface area contributed by atoms with E-state index in [-0.39, 0.29) is 11.6 Å². The van der Waals surface area contributed by atoms with Gasteiger partial charge in [0.1, 0.15) is 17.9 Å². The lowest BCUT2D eigenvalue weighted by atomic mass is 10.1. The predicted octanol–water partition coefficient (Wildman–Crippen LogP) is 3.41. The van der Waals surface area contributed by atoms with Crippen LogP contribution in [-0.2, 0) is 11.3 Å². The molecule has 0 saturated carbocycles. The monoisotopic (exact) mass is 504 g/mol. The molecular weight excluding hydrogens is 481 g/mol. The molecule has 1 aliphatic heterocycles. The summed E-state index contributed by atoms with van der Waals surface area (Å²) in [6, 6.07) is 5.18. The maximum atomic E-state index is 12.9. The van der Waals surface area contributed by atoms with Gasteiger partial charge in [-0.2, -0.15) is 18.3 Å². The summed E-state index contributed by atoms with van der Waals surface area (Å²) >= 11 is 0. The van der Waals surface area contributed by atoms with Gasteiger partial charge in [-0.1, -0.05) is 0 Å². The lowest BCUT2D eigenvalue weighted by Gasteiger charge is -2.29. The number of fused-ring (bicyclic) bond motifs is 1. The summed E-state index contributed by atoms with van der Waals surface area (Å²) < 4.78 is 57.0. The SMILES string of the molecule is COc1cc(-c2ccc3c(O)n(-c4cnn(CC(F)(F)F)c4)c(N4CCOCC4)c3n2)cnc1OC. The van der Waals surface area contributed by atoms with Crippen LogP contribution in [0.1, 0.15) is 0 Å². The number of pyridine rings is 2. The van der Waals surface area contributed by atoms with Crippen molar-refractivity contribution in [1.29, 1.82) is 0 Å². The molecule has 0 spiro atoms. The summed E-state index contributed by atoms with van der Waals surface area (Å²) in [7, 11) is 3.00. The Bertz CT molecular complexity index is 1390. The Labute approximate surface area is 203 Å². The third-order valence-corrected chi connectivity index (χ3v) is 5.83. The fourth-order valence-electron chi connectivity index (χ4n) is 4.22. The predicted molar refractivity (Wildman–Crippen MR) is 124 cm³/mol. The van der Waals surface area contributed by atoms with Crippen molar-refractivity contribution < 1.29 is 32.5 Å². The average Bonchev–Trinajstić information content (AvgIpc) is 3.44. The van der Waals surface area contributed by atoms with Gasteiger partial charge in [0.15, 0.2) is 5.75 Å². The quantitative estimate of drug-likeness (QED) is 0.427. The van der Waals surface area contributed by atoms with Crippen molar-refractivity contribution >= 4 is 16.7 Å². The van der Waals surface area contributed by atoms with E-state index in [9.17, 15) is 18.3 Å². The van der Waals surface area contributed by atoms with E-state index in [2.05, 4.69) is 10.1 Å². The van der Waals surface area contributed by atoms with Gasteiger partial charge in [-0.05, 0) is 18.2 Å². The molecule has 0 atom stereocenters. The first kappa shape index (κ1) is 23.7. The minimum Gasteiger partial charge on any atom is -0.494 e. The van der Waals surface area contributed by atoms with Crippen molar-refractivity contribution in [3.05, 3.63) is 36.8 Å². The molecule has 1 fully saturated rings. The smallest absolute Gasteiger partial charge is 0.408 e.